The number of rotatable bonds is 2. The fraction of sp³-hybridized carbons (Fsp3) is 0.833. The van der Waals surface area contributed by atoms with Crippen molar-refractivity contribution >= 4 is 13.5 Å². The quantitative estimate of drug-likeness (QED) is 0.333. The normalized spacial score (nSPS) is 23.8. The lowest BCUT2D eigenvalue weighted by Crippen LogP contribution is -2.39. The molecular weight excluding hydrogens is 191 g/mol. The third-order valence-corrected chi connectivity index (χ3v) is 3.60. The lowest BCUT2D eigenvalue weighted by Gasteiger charge is -2.25. The molecule has 0 bridgehead atoms. The molecule has 1 aliphatic rings. The number of hydrazine groups is 1. The first-order valence-electron chi connectivity index (χ1n) is 4.25. The minimum Gasteiger partial charge on any atom is -0.274 e. The predicted molar refractivity (Wildman–Crippen MR) is 49.3 cm³/mol. The average molecular weight is 206 g/mol. The van der Waals surface area contributed by atoms with Crippen molar-refractivity contribution in [2.24, 2.45) is 11.3 Å². The Balaban J connectivity index is 2.75. The Hall–Kier alpha value is -0.420. The summed E-state index contributed by atoms with van der Waals surface area (Å²) < 4.78 is 12.7. The molecule has 0 aromatic rings. The zero-order chi connectivity index (χ0) is 9.90. The van der Waals surface area contributed by atoms with Crippen LogP contribution in [0.4, 0.5) is 0 Å². The Bertz CT molecular complexity index is 245. The van der Waals surface area contributed by atoms with Crippen LogP contribution in [0, 0.1) is 0 Å². The topological polar surface area (TPSA) is 101 Å². The molecule has 1 fully saturated rings. The van der Waals surface area contributed by atoms with Crippen LogP contribution in [0.5, 0.6) is 0 Å². The lowest BCUT2D eigenvalue weighted by molar-refractivity contribution is -0.126. The Morgan fingerprint density at radius 3 is 2.69 bits per heavy atom. The Labute approximate surface area is 77.1 Å². The van der Waals surface area contributed by atoms with Gasteiger partial charge in [0.15, 0.2) is 0 Å². The zero-order valence-electron chi connectivity index (χ0n) is 7.40. The maximum atomic E-state index is 11.5. The summed E-state index contributed by atoms with van der Waals surface area (Å²) in [5.41, 5.74) is 5.38. The van der Waals surface area contributed by atoms with E-state index in [1.165, 1.54) is 4.67 Å². The van der Waals surface area contributed by atoms with Crippen molar-refractivity contribution < 1.29 is 9.36 Å². The summed E-state index contributed by atoms with van der Waals surface area (Å²) in [6.07, 6.45) is 3.03. The van der Waals surface area contributed by atoms with Gasteiger partial charge in [-0.05, 0) is 12.8 Å². The average Bonchev–Trinajstić information content (AvgIpc) is 2.30. The molecule has 0 radical (unpaired) electrons. The highest BCUT2D eigenvalue weighted by molar-refractivity contribution is 7.57. The molecular formula is C6H15N4O2P. The lowest BCUT2D eigenvalue weighted by atomic mass is 10.2. The summed E-state index contributed by atoms with van der Waals surface area (Å²) in [7, 11) is -3.32. The van der Waals surface area contributed by atoms with Crippen LogP contribution in [0.1, 0.15) is 25.7 Å². The molecule has 0 saturated carbocycles. The van der Waals surface area contributed by atoms with E-state index in [4.69, 9.17) is 11.3 Å². The first-order chi connectivity index (χ1) is 6.08. The summed E-state index contributed by atoms with van der Waals surface area (Å²) in [5, 5.41) is 2.01. The third kappa shape index (κ3) is 2.51. The number of hydrogen-bond donors (Lipinski definition) is 3. The van der Waals surface area contributed by atoms with Crippen LogP contribution >= 0.6 is 7.59 Å². The van der Waals surface area contributed by atoms with Crippen molar-refractivity contribution in [2.45, 2.75) is 25.7 Å². The van der Waals surface area contributed by atoms with Crippen LogP contribution in [0.25, 0.3) is 0 Å². The molecule has 1 saturated heterocycles. The summed E-state index contributed by atoms with van der Waals surface area (Å²) in [4.78, 5) is 11.4. The molecule has 1 atom stereocenters. The van der Waals surface area contributed by atoms with E-state index in [0.717, 1.165) is 19.3 Å². The second-order valence-electron chi connectivity index (χ2n) is 3.08. The molecule has 0 spiro atoms. The first-order valence-corrected chi connectivity index (χ1v) is 5.98. The van der Waals surface area contributed by atoms with Crippen molar-refractivity contribution in [1.29, 1.82) is 0 Å². The maximum Gasteiger partial charge on any atom is 0.318 e. The fourth-order valence-electron chi connectivity index (χ4n) is 1.35. The van der Waals surface area contributed by atoms with Crippen molar-refractivity contribution in [2.75, 3.05) is 6.54 Å². The molecule has 1 amide bonds. The van der Waals surface area contributed by atoms with Crippen LogP contribution in [0.3, 0.4) is 0 Å². The first kappa shape index (κ1) is 10.7. The molecule has 1 rings (SSSR count). The van der Waals surface area contributed by atoms with Crippen LogP contribution in [-0.4, -0.2) is 17.1 Å². The van der Waals surface area contributed by atoms with Gasteiger partial charge in [-0.25, -0.2) is 0 Å². The smallest absolute Gasteiger partial charge is 0.274 e. The SMILES string of the molecule is NNP(N)(=O)N1CCCCCC1=O. The van der Waals surface area contributed by atoms with Gasteiger partial charge in [0, 0.05) is 13.0 Å². The van der Waals surface area contributed by atoms with Crippen LogP contribution in [-0.2, 0) is 9.36 Å². The third-order valence-electron chi connectivity index (χ3n) is 2.09. The molecule has 6 nitrogen and oxygen atoms in total. The van der Waals surface area contributed by atoms with E-state index in [9.17, 15) is 9.36 Å². The monoisotopic (exact) mass is 206 g/mol. The largest absolute Gasteiger partial charge is 0.318 e. The van der Waals surface area contributed by atoms with Gasteiger partial charge in [0.05, 0.1) is 0 Å². The molecule has 76 valence electrons. The van der Waals surface area contributed by atoms with E-state index >= 15 is 0 Å². The molecule has 1 unspecified atom stereocenters. The van der Waals surface area contributed by atoms with Crippen molar-refractivity contribution in [3.05, 3.63) is 0 Å². The van der Waals surface area contributed by atoms with E-state index < -0.39 is 7.59 Å². The minimum absolute atomic E-state index is 0.179. The number of carbonyl (C=O) groups is 1. The Morgan fingerprint density at radius 1 is 1.38 bits per heavy atom. The van der Waals surface area contributed by atoms with Crippen LogP contribution in [0.15, 0.2) is 0 Å². The molecule has 5 N–H and O–H groups in total. The van der Waals surface area contributed by atoms with Crippen molar-refractivity contribution in [3.63, 3.8) is 0 Å². The van der Waals surface area contributed by atoms with Crippen LogP contribution in [0.2, 0.25) is 0 Å². The Kier molecular flexibility index (Phi) is 3.44. The summed E-state index contributed by atoms with van der Waals surface area (Å²) in [6.45, 7) is 0.427. The highest BCUT2D eigenvalue weighted by Gasteiger charge is 2.30. The highest BCUT2D eigenvalue weighted by atomic mass is 31.2. The maximum absolute atomic E-state index is 11.5. The molecule has 13 heavy (non-hydrogen) atoms. The van der Waals surface area contributed by atoms with E-state index in [0.29, 0.717) is 13.0 Å². The van der Waals surface area contributed by atoms with E-state index in [2.05, 4.69) is 0 Å². The van der Waals surface area contributed by atoms with Gasteiger partial charge in [-0.3, -0.25) is 25.4 Å². The van der Waals surface area contributed by atoms with Gasteiger partial charge in [0.25, 0.3) is 0 Å². The van der Waals surface area contributed by atoms with Gasteiger partial charge in [0.2, 0.25) is 5.91 Å². The number of amides is 1. The van der Waals surface area contributed by atoms with Gasteiger partial charge < -0.3 is 0 Å². The van der Waals surface area contributed by atoms with E-state index in [1.54, 1.807) is 0 Å². The number of nitrogens with two attached hydrogens (primary N) is 2. The molecule has 0 aromatic heterocycles. The van der Waals surface area contributed by atoms with Gasteiger partial charge in [-0.1, -0.05) is 6.42 Å². The van der Waals surface area contributed by atoms with Gasteiger partial charge in [-0.2, -0.15) is 5.20 Å². The Morgan fingerprint density at radius 2 is 2.08 bits per heavy atom. The van der Waals surface area contributed by atoms with Crippen molar-refractivity contribution in [1.82, 2.24) is 9.87 Å². The standard InChI is InChI=1S/C6H15N4O2P/c7-9-13(8,12)10-5-3-1-2-4-6(10)11/h1-5,7H2,(H3,8,9,12). The molecule has 0 aliphatic carbocycles. The second-order valence-corrected chi connectivity index (χ2v) is 5.07. The van der Waals surface area contributed by atoms with Gasteiger partial charge in [0.1, 0.15) is 0 Å². The summed E-state index contributed by atoms with van der Waals surface area (Å²) in [5.74, 6) is 4.84. The summed E-state index contributed by atoms with van der Waals surface area (Å²) in [6, 6.07) is 0. The zero-order valence-corrected chi connectivity index (χ0v) is 8.30. The number of hydrogen-bond acceptors (Lipinski definition) is 3. The van der Waals surface area contributed by atoms with E-state index in [1.807, 2.05) is 5.20 Å². The number of nitrogens with one attached hydrogen (secondary N) is 1. The molecule has 7 heteroatoms. The van der Waals surface area contributed by atoms with Gasteiger partial charge >= 0.3 is 7.59 Å². The molecule has 1 aliphatic heterocycles. The van der Waals surface area contributed by atoms with E-state index in [-0.39, 0.29) is 5.91 Å². The van der Waals surface area contributed by atoms with Crippen LogP contribution < -0.4 is 16.5 Å². The second kappa shape index (κ2) is 4.19. The van der Waals surface area contributed by atoms with Gasteiger partial charge in [-0.15, -0.1) is 0 Å². The molecule has 0 aromatic carbocycles. The highest BCUT2D eigenvalue weighted by Crippen LogP contribution is 2.37. The molecule has 1 heterocycles. The predicted octanol–water partition coefficient (Wildman–Crippen LogP) is -0.0809. The number of carbonyl (C=O) groups excluding carboxylic acids is 1. The fourth-order valence-corrected chi connectivity index (χ4v) is 2.36. The van der Waals surface area contributed by atoms with Crippen molar-refractivity contribution in [3.8, 4) is 0 Å². The minimum atomic E-state index is -3.32. The number of nitrogens with zero attached hydrogens (tertiary/aromatic N) is 1. The summed E-state index contributed by atoms with van der Waals surface area (Å²) >= 11 is 0.